The summed E-state index contributed by atoms with van der Waals surface area (Å²) >= 11 is 0. The first-order valence-corrected chi connectivity index (χ1v) is 5.59. The van der Waals surface area contributed by atoms with E-state index in [1.54, 1.807) is 0 Å². The summed E-state index contributed by atoms with van der Waals surface area (Å²) in [5.74, 6) is -0.276. The van der Waals surface area contributed by atoms with Crippen LogP contribution in [0.3, 0.4) is 0 Å². The van der Waals surface area contributed by atoms with Gasteiger partial charge in [0.15, 0.2) is 0 Å². The van der Waals surface area contributed by atoms with Crippen molar-refractivity contribution in [3.8, 4) is 0 Å². The summed E-state index contributed by atoms with van der Waals surface area (Å²) in [6, 6.07) is 0.0633. The first-order chi connectivity index (χ1) is 7.57. The maximum atomic E-state index is 11.7. The second-order valence-corrected chi connectivity index (χ2v) is 4.38. The molecular formula is C12H18N2O2. The van der Waals surface area contributed by atoms with E-state index < -0.39 is 0 Å². The van der Waals surface area contributed by atoms with Gasteiger partial charge in [-0.3, -0.25) is 0 Å². The van der Waals surface area contributed by atoms with E-state index in [-0.39, 0.29) is 12.0 Å². The van der Waals surface area contributed by atoms with Crippen LogP contribution in [0, 0.1) is 6.92 Å². The molecule has 1 atom stereocenters. The number of nitrogens with two attached hydrogens (primary N) is 1. The fourth-order valence-electron chi connectivity index (χ4n) is 2.73. The Morgan fingerprint density at radius 2 is 2.25 bits per heavy atom. The third-order valence-corrected chi connectivity index (χ3v) is 3.49. The molecule has 16 heavy (non-hydrogen) atoms. The van der Waals surface area contributed by atoms with Crippen molar-refractivity contribution in [3.05, 3.63) is 22.5 Å². The zero-order valence-corrected chi connectivity index (χ0v) is 10.0. The van der Waals surface area contributed by atoms with Crippen molar-refractivity contribution in [2.75, 3.05) is 7.11 Å². The molecule has 0 saturated heterocycles. The number of carbonyl (C=O) groups is 1. The van der Waals surface area contributed by atoms with E-state index in [2.05, 4.69) is 0 Å². The van der Waals surface area contributed by atoms with Crippen molar-refractivity contribution in [2.24, 2.45) is 12.8 Å². The Labute approximate surface area is 95.4 Å². The van der Waals surface area contributed by atoms with Gasteiger partial charge in [0.25, 0.3) is 0 Å². The van der Waals surface area contributed by atoms with Crippen LogP contribution >= 0.6 is 0 Å². The van der Waals surface area contributed by atoms with E-state index >= 15 is 0 Å². The van der Waals surface area contributed by atoms with Gasteiger partial charge in [-0.15, -0.1) is 0 Å². The van der Waals surface area contributed by atoms with E-state index in [1.165, 1.54) is 12.8 Å². The molecule has 1 aromatic heterocycles. The Morgan fingerprint density at radius 1 is 1.56 bits per heavy atom. The van der Waals surface area contributed by atoms with Crippen molar-refractivity contribution in [1.82, 2.24) is 4.57 Å². The topological polar surface area (TPSA) is 57.2 Å². The first-order valence-electron chi connectivity index (χ1n) is 5.59. The van der Waals surface area contributed by atoms with Crippen LogP contribution in [-0.4, -0.2) is 17.6 Å². The third-order valence-electron chi connectivity index (χ3n) is 3.49. The number of aromatic nitrogens is 1. The summed E-state index contributed by atoms with van der Waals surface area (Å²) in [5, 5.41) is 0. The molecule has 1 heterocycles. The van der Waals surface area contributed by atoms with E-state index in [1.807, 2.05) is 18.5 Å². The van der Waals surface area contributed by atoms with E-state index in [0.29, 0.717) is 5.69 Å². The van der Waals surface area contributed by atoms with Gasteiger partial charge in [-0.2, -0.15) is 0 Å². The lowest BCUT2D eigenvalue weighted by atomic mass is 9.91. The van der Waals surface area contributed by atoms with Crippen LogP contribution in [0.15, 0.2) is 0 Å². The van der Waals surface area contributed by atoms with Gasteiger partial charge in [0.05, 0.1) is 7.11 Å². The molecule has 4 heteroatoms. The number of methoxy groups -OCH3 is 1. The summed E-state index contributed by atoms with van der Waals surface area (Å²) in [7, 11) is 3.32. The average molecular weight is 222 g/mol. The molecule has 0 radical (unpaired) electrons. The molecule has 1 aromatic rings. The number of hydrogen-bond donors (Lipinski definition) is 1. The zero-order valence-electron chi connectivity index (χ0n) is 10.0. The average Bonchev–Trinajstić information content (AvgIpc) is 2.52. The van der Waals surface area contributed by atoms with Gasteiger partial charge in [0.1, 0.15) is 5.69 Å². The molecule has 0 fully saturated rings. The van der Waals surface area contributed by atoms with Crippen LogP contribution < -0.4 is 5.73 Å². The second-order valence-electron chi connectivity index (χ2n) is 4.38. The summed E-state index contributed by atoms with van der Waals surface area (Å²) < 4.78 is 6.75. The Hall–Kier alpha value is -1.29. The Balaban J connectivity index is 2.61. The van der Waals surface area contributed by atoms with Crippen LogP contribution in [0.4, 0.5) is 0 Å². The van der Waals surface area contributed by atoms with Crippen LogP contribution in [0.2, 0.25) is 0 Å². The molecule has 4 nitrogen and oxygen atoms in total. The normalized spacial score (nSPS) is 19.4. The van der Waals surface area contributed by atoms with Gasteiger partial charge in [-0.25, -0.2) is 4.79 Å². The molecule has 1 aliphatic carbocycles. The smallest absolute Gasteiger partial charge is 0.354 e. The van der Waals surface area contributed by atoms with Gasteiger partial charge in [0, 0.05) is 18.8 Å². The number of ether oxygens (including phenoxy) is 1. The molecule has 0 spiro atoms. The van der Waals surface area contributed by atoms with Crippen LogP contribution in [0.25, 0.3) is 0 Å². The standard InChI is InChI=1S/C12H18N2O2/c1-7-10-8(13)5-4-6-9(10)14(2)11(7)12(15)16-3/h8H,4-6,13H2,1-3H3. The van der Waals surface area contributed by atoms with Crippen LogP contribution in [-0.2, 0) is 18.2 Å². The van der Waals surface area contributed by atoms with Gasteiger partial charge in [-0.05, 0) is 37.3 Å². The maximum absolute atomic E-state index is 11.7. The number of nitrogens with zero attached hydrogens (tertiary/aromatic N) is 1. The van der Waals surface area contributed by atoms with Gasteiger partial charge in [0.2, 0.25) is 0 Å². The molecule has 2 rings (SSSR count). The van der Waals surface area contributed by atoms with Crippen molar-refractivity contribution >= 4 is 5.97 Å². The van der Waals surface area contributed by atoms with Crippen molar-refractivity contribution in [1.29, 1.82) is 0 Å². The predicted molar refractivity (Wildman–Crippen MR) is 61.4 cm³/mol. The minimum atomic E-state index is -0.276. The first kappa shape index (κ1) is 11.2. The van der Waals surface area contributed by atoms with Gasteiger partial charge in [-0.1, -0.05) is 0 Å². The highest BCUT2D eigenvalue weighted by Crippen LogP contribution is 2.34. The Morgan fingerprint density at radius 3 is 2.81 bits per heavy atom. The summed E-state index contributed by atoms with van der Waals surface area (Å²) in [5.41, 5.74) is 10.1. The highest BCUT2D eigenvalue weighted by atomic mass is 16.5. The number of esters is 1. The third kappa shape index (κ3) is 1.45. The fraction of sp³-hybridized carbons (Fsp3) is 0.583. The predicted octanol–water partition coefficient (Wildman–Crippen LogP) is 1.46. The summed E-state index contributed by atoms with van der Waals surface area (Å²) in [4.78, 5) is 11.7. The number of rotatable bonds is 1. The van der Waals surface area contributed by atoms with Crippen molar-refractivity contribution in [2.45, 2.75) is 32.2 Å². The largest absolute Gasteiger partial charge is 0.464 e. The summed E-state index contributed by atoms with van der Waals surface area (Å²) in [6.07, 6.45) is 3.09. The number of hydrogen-bond acceptors (Lipinski definition) is 3. The molecule has 88 valence electrons. The molecule has 0 bridgehead atoms. The fourth-order valence-corrected chi connectivity index (χ4v) is 2.73. The van der Waals surface area contributed by atoms with Crippen molar-refractivity contribution < 1.29 is 9.53 Å². The van der Waals surface area contributed by atoms with Gasteiger partial charge >= 0.3 is 5.97 Å². The number of fused-ring (bicyclic) bond motifs is 1. The molecule has 0 saturated carbocycles. The quantitative estimate of drug-likeness (QED) is 0.732. The summed E-state index contributed by atoms with van der Waals surface area (Å²) in [6.45, 7) is 1.95. The van der Waals surface area contributed by atoms with Crippen molar-refractivity contribution in [3.63, 3.8) is 0 Å². The molecule has 2 N–H and O–H groups in total. The molecule has 1 unspecified atom stereocenters. The van der Waals surface area contributed by atoms with E-state index in [4.69, 9.17) is 10.5 Å². The SMILES string of the molecule is COC(=O)c1c(C)c2c(n1C)CCCC2N. The molecule has 0 aromatic carbocycles. The molecular weight excluding hydrogens is 204 g/mol. The lowest BCUT2D eigenvalue weighted by molar-refractivity contribution is 0.0588. The Bertz CT molecular complexity index is 435. The second kappa shape index (κ2) is 3.94. The minimum Gasteiger partial charge on any atom is -0.464 e. The van der Waals surface area contributed by atoms with Crippen LogP contribution in [0.1, 0.15) is 46.2 Å². The molecule has 0 aliphatic heterocycles. The number of carbonyl (C=O) groups excluding carboxylic acids is 1. The monoisotopic (exact) mass is 222 g/mol. The lowest BCUT2D eigenvalue weighted by Crippen LogP contribution is -2.18. The van der Waals surface area contributed by atoms with E-state index in [0.717, 1.165) is 30.4 Å². The highest BCUT2D eigenvalue weighted by Gasteiger charge is 2.28. The lowest BCUT2D eigenvalue weighted by Gasteiger charge is -2.20. The maximum Gasteiger partial charge on any atom is 0.354 e. The van der Waals surface area contributed by atoms with E-state index in [9.17, 15) is 4.79 Å². The zero-order chi connectivity index (χ0) is 11.9. The highest BCUT2D eigenvalue weighted by molar-refractivity contribution is 5.90. The van der Waals surface area contributed by atoms with Gasteiger partial charge < -0.3 is 15.0 Å². The molecule has 1 aliphatic rings. The Kier molecular flexibility index (Phi) is 2.76. The van der Waals surface area contributed by atoms with Crippen LogP contribution in [0.5, 0.6) is 0 Å². The minimum absolute atomic E-state index is 0.0633. The molecule has 0 amide bonds.